The van der Waals surface area contributed by atoms with Crippen molar-refractivity contribution < 1.29 is 14.3 Å². The van der Waals surface area contributed by atoms with Gasteiger partial charge in [0.05, 0.1) is 17.7 Å². The van der Waals surface area contributed by atoms with E-state index >= 15 is 0 Å². The average molecular weight is 336 g/mol. The van der Waals surface area contributed by atoms with Gasteiger partial charge in [0, 0.05) is 23.0 Å². The van der Waals surface area contributed by atoms with Crippen LogP contribution >= 0.6 is 15.9 Å². The molecule has 0 aliphatic carbocycles. The lowest BCUT2D eigenvalue weighted by molar-refractivity contribution is -0.137. The van der Waals surface area contributed by atoms with Crippen LogP contribution in [0.1, 0.15) is 34.1 Å². The molecule has 1 aliphatic heterocycles. The summed E-state index contributed by atoms with van der Waals surface area (Å²) in [7, 11) is 0. The number of alkyl halides is 1. The van der Waals surface area contributed by atoms with E-state index < -0.39 is 11.8 Å². The molecule has 1 aliphatic rings. The summed E-state index contributed by atoms with van der Waals surface area (Å²) in [6.07, 6.45) is 2.74. The van der Waals surface area contributed by atoms with Gasteiger partial charge >= 0.3 is 5.97 Å². The van der Waals surface area contributed by atoms with E-state index in [1.54, 1.807) is 13.1 Å². The molecule has 0 saturated carbocycles. The Balaban J connectivity index is 2.15. The Bertz CT molecular complexity index is 704. The van der Waals surface area contributed by atoms with Crippen molar-refractivity contribution in [3.8, 4) is 0 Å². The second-order valence-electron chi connectivity index (χ2n) is 4.79. The van der Waals surface area contributed by atoms with E-state index in [9.17, 15) is 9.59 Å². The van der Waals surface area contributed by atoms with Gasteiger partial charge in [0.2, 0.25) is 0 Å². The Morgan fingerprint density at radius 1 is 1.45 bits per heavy atom. The molecule has 1 aromatic carbocycles. The fraction of sp³-hybridized carbons (Fsp3) is 0.333. The van der Waals surface area contributed by atoms with Gasteiger partial charge in [-0.3, -0.25) is 4.79 Å². The van der Waals surface area contributed by atoms with Crippen molar-refractivity contribution in [2.24, 2.45) is 0 Å². The molecule has 2 aromatic rings. The van der Waals surface area contributed by atoms with Crippen LogP contribution in [0.15, 0.2) is 24.4 Å². The molecule has 0 N–H and O–H groups in total. The molecule has 1 unspecified atom stereocenters. The van der Waals surface area contributed by atoms with Gasteiger partial charge in [-0.1, -0.05) is 34.1 Å². The Labute approximate surface area is 124 Å². The standard InChI is InChI=1S/C15H14BrNO3/c1-2-20-15(19)14(18)11-8-17-7-6-12(16)10-5-3-4-9(11)13(10)17/h3-5,8,12H,2,6-7H2,1H3. The summed E-state index contributed by atoms with van der Waals surface area (Å²) in [5.41, 5.74) is 2.63. The lowest BCUT2D eigenvalue weighted by Crippen LogP contribution is -2.17. The Morgan fingerprint density at radius 3 is 3.00 bits per heavy atom. The number of halogens is 1. The molecule has 0 saturated heterocycles. The fourth-order valence-corrected chi connectivity index (χ4v) is 3.29. The van der Waals surface area contributed by atoms with Gasteiger partial charge in [0.15, 0.2) is 0 Å². The molecule has 0 radical (unpaired) electrons. The van der Waals surface area contributed by atoms with Crippen molar-refractivity contribution in [2.75, 3.05) is 6.61 Å². The highest BCUT2D eigenvalue weighted by Crippen LogP contribution is 2.38. The van der Waals surface area contributed by atoms with Gasteiger partial charge < -0.3 is 9.30 Å². The van der Waals surface area contributed by atoms with Crippen molar-refractivity contribution in [2.45, 2.75) is 24.7 Å². The topological polar surface area (TPSA) is 48.3 Å². The molecule has 0 bridgehead atoms. The third-order valence-corrected chi connectivity index (χ3v) is 4.55. The summed E-state index contributed by atoms with van der Waals surface area (Å²) in [5.74, 6) is -1.35. The third-order valence-electron chi connectivity index (χ3n) is 3.60. The molecule has 4 nitrogen and oxygen atoms in total. The van der Waals surface area contributed by atoms with E-state index in [4.69, 9.17) is 4.74 Å². The number of aryl methyl sites for hydroxylation is 1. The van der Waals surface area contributed by atoms with Gasteiger partial charge in [0.1, 0.15) is 0 Å². The second kappa shape index (κ2) is 5.05. The van der Waals surface area contributed by atoms with Crippen LogP contribution in [-0.2, 0) is 16.1 Å². The van der Waals surface area contributed by atoms with E-state index in [1.807, 2.05) is 12.1 Å². The SMILES string of the molecule is CCOC(=O)C(=O)c1cn2c3c(cccc13)C(Br)CC2. The third kappa shape index (κ3) is 1.97. The molecule has 2 heterocycles. The molecule has 0 amide bonds. The number of hydrogen-bond donors (Lipinski definition) is 0. The first kappa shape index (κ1) is 13.4. The Hall–Kier alpha value is -1.62. The second-order valence-corrected chi connectivity index (χ2v) is 5.89. The number of ketones is 1. The normalized spacial score (nSPS) is 17.2. The van der Waals surface area contributed by atoms with Gasteiger partial charge in [0.25, 0.3) is 5.78 Å². The molecule has 104 valence electrons. The van der Waals surface area contributed by atoms with Crippen molar-refractivity contribution in [3.63, 3.8) is 0 Å². The highest BCUT2D eigenvalue weighted by Gasteiger charge is 2.27. The van der Waals surface area contributed by atoms with E-state index in [0.717, 1.165) is 29.4 Å². The van der Waals surface area contributed by atoms with E-state index in [-0.39, 0.29) is 6.61 Å². The predicted molar refractivity (Wildman–Crippen MR) is 79.2 cm³/mol. The number of ether oxygens (including phenoxy) is 1. The lowest BCUT2D eigenvalue weighted by Gasteiger charge is -2.20. The van der Waals surface area contributed by atoms with Gasteiger partial charge in [-0.05, 0) is 18.9 Å². The van der Waals surface area contributed by atoms with Gasteiger partial charge in [-0.15, -0.1) is 0 Å². The van der Waals surface area contributed by atoms with Gasteiger partial charge in [-0.2, -0.15) is 0 Å². The van der Waals surface area contributed by atoms with E-state index in [0.29, 0.717) is 10.4 Å². The Kier molecular flexibility index (Phi) is 3.38. The highest BCUT2D eigenvalue weighted by molar-refractivity contribution is 9.09. The minimum atomic E-state index is -0.786. The number of esters is 1. The maximum absolute atomic E-state index is 12.2. The monoisotopic (exact) mass is 335 g/mol. The Morgan fingerprint density at radius 2 is 2.25 bits per heavy atom. The molecular weight excluding hydrogens is 322 g/mol. The summed E-state index contributed by atoms with van der Waals surface area (Å²) < 4.78 is 6.86. The number of Topliss-reactive ketones (excluding diaryl/α,β-unsaturated/α-hetero) is 1. The minimum Gasteiger partial charge on any atom is -0.460 e. The zero-order valence-corrected chi connectivity index (χ0v) is 12.6. The zero-order valence-electron chi connectivity index (χ0n) is 11.1. The molecule has 0 spiro atoms. The maximum atomic E-state index is 12.2. The lowest BCUT2D eigenvalue weighted by atomic mass is 10.0. The largest absolute Gasteiger partial charge is 0.460 e. The summed E-state index contributed by atoms with van der Waals surface area (Å²) in [6, 6.07) is 5.85. The number of benzene rings is 1. The average Bonchev–Trinajstić information content (AvgIpc) is 2.83. The first-order valence-corrected chi connectivity index (χ1v) is 7.52. The summed E-state index contributed by atoms with van der Waals surface area (Å²) >= 11 is 3.66. The van der Waals surface area contributed by atoms with Crippen molar-refractivity contribution >= 4 is 38.6 Å². The molecule has 5 heteroatoms. The maximum Gasteiger partial charge on any atom is 0.379 e. The van der Waals surface area contributed by atoms with Crippen LogP contribution in [0.4, 0.5) is 0 Å². The number of aromatic nitrogens is 1. The van der Waals surface area contributed by atoms with Crippen LogP contribution in [0, 0.1) is 0 Å². The predicted octanol–water partition coefficient (Wildman–Crippen LogP) is 3.23. The van der Waals surface area contributed by atoms with E-state index in [2.05, 4.69) is 26.6 Å². The summed E-state index contributed by atoms with van der Waals surface area (Å²) in [6.45, 7) is 2.73. The number of hydrogen-bond acceptors (Lipinski definition) is 3. The number of carbonyl (C=O) groups is 2. The van der Waals surface area contributed by atoms with Crippen molar-refractivity contribution in [1.29, 1.82) is 0 Å². The summed E-state index contributed by atoms with van der Waals surface area (Å²) in [5, 5.41) is 0.824. The molecule has 0 fully saturated rings. The van der Waals surface area contributed by atoms with E-state index in [1.165, 1.54) is 0 Å². The molecule has 3 rings (SSSR count). The van der Waals surface area contributed by atoms with Crippen LogP contribution in [0.25, 0.3) is 10.9 Å². The quantitative estimate of drug-likeness (QED) is 0.374. The van der Waals surface area contributed by atoms with Gasteiger partial charge in [-0.25, -0.2) is 4.79 Å². The number of carbonyl (C=O) groups excluding carboxylic acids is 2. The molecule has 20 heavy (non-hydrogen) atoms. The van der Waals surface area contributed by atoms with Crippen LogP contribution in [0.5, 0.6) is 0 Å². The van der Waals surface area contributed by atoms with Crippen LogP contribution in [-0.4, -0.2) is 22.9 Å². The van der Waals surface area contributed by atoms with Crippen LogP contribution < -0.4 is 0 Å². The fourth-order valence-electron chi connectivity index (χ4n) is 2.71. The minimum absolute atomic E-state index is 0.206. The molecule has 1 aromatic heterocycles. The van der Waals surface area contributed by atoms with Crippen LogP contribution in [0.3, 0.4) is 0 Å². The molecule has 1 atom stereocenters. The smallest absolute Gasteiger partial charge is 0.379 e. The van der Waals surface area contributed by atoms with Crippen LogP contribution in [0.2, 0.25) is 0 Å². The highest BCUT2D eigenvalue weighted by atomic mass is 79.9. The van der Waals surface area contributed by atoms with Crippen molar-refractivity contribution in [1.82, 2.24) is 4.57 Å². The number of nitrogens with zero attached hydrogens (tertiary/aromatic N) is 1. The number of rotatable bonds is 3. The first-order valence-electron chi connectivity index (χ1n) is 6.60. The molecular formula is C15H14BrNO3. The summed E-state index contributed by atoms with van der Waals surface area (Å²) in [4.78, 5) is 24.1. The zero-order chi connectivity index (χ0) is 14.3. The first-order chi connectivity index (χ1) is 9.63. The van der Waals surface area contributed by atoms with Crippen molar-refractivity contribution in [3.05, 3.63) is 35.5 Å². The number of para-hydroxylation sites is 1.